The van der Waals surface area contributed by atoms with Gasteiger partial charge in [-0.25, -0.2) is 8.78 Å². The maximum absolute atomic E-state index is 12.5. The first-order chi connectivity index (χ1) is 7.04. The Bertz CT molecular complexity index is 366. The van der Waals surface area contributed by atoms with E-state index in [1.807, 2.05) is 0 Å². The third-order valence-electron chi connectivity index (χ3n) is 1.90. The Morgan fingerprint density at radius 2 is 2.13 bits per heavy atom. The summed E-state index contributed by atoms with van der Waals surface area (Å²) in [5, 5.41) is 9.25. The molecule has 1 aromatic rings. The molecule has 0 unspecified atom stereocenters. The standard InChI is InChI=1S/C10H9BrF2O2/c11-5-8(15)4-6-3-7(14)1-2-9(6)10(12)13/h1-3,10,14H,4-5H2. The first kappa shape index (κ1) is 12.1. The lowest BCUT2D eigenvalue weighted by atomic mass is 10.0. The minimum Gasteiger partial charge on any atom is -0.508 e. The van der Waals surface area contributed by atoms with E-state index in [1.54, 1.807) is 0 Å². The van der Waals surface area contributed by atoms with Gasteiger partial charge in [0.1, 0.15) is 11.5 Å². The molecule has 2 nitrogen and oxygen atoms in total. The van der Waals surface area contributed by atoms with E-state index in [-0.39, 0.29) is 34.4 Å². The lowest BCUT2D eigenvalue weighted by molar-refractivity contribution is -0.115. The van der Waals surface area contributed by atoms with Crippen LogP contribution in [0.25, 0.3) is 0 Å². The van der Waals surface area contributed by atoms with E-state index in [0.717, 1.165) is 6.07 Å². The second kappa shape index (κ2) is 5.21. The van der Waals surface area contributed by atoms with Crippen molar-refractivity contribution in [3.05, 3.63) is 29.3 Å². The van der Waals surface area contributed by atoms with Crippen LogP contribution in [-0.4, -0.2) is 16.2 Å². The Morgan fingerprint density at radius 3 is 2.67 bits per heavy atom. The molecule has 0 aromatic heterocycles. The Labute approximate surface area is 94.0 Å². The second-order valence-corrected chi connectivity index (χ2v) is 3.59. The van der Waals surface area contributed by atoms with Gasteiger partial charge in [-0.3, -0.25) is 4.79 Å². The summed E-state index contributed by atoms with van der Waals surface area (Å²) in [6, 6.07) is 3.52. The summed E-state index contributed by atoms with van der Waals surface area (Å²) in [6.07, 6.45) is -2.73. The van der Waals surface area contributed by atoms with Crippen LogP contribution in [-0.2, 0) is 11.2 Å². The molecule has 0 bridgehead atoms. The van der Waals surface area contributed by atoms with Gasteiger partial charge in [0, 0.05) is 12.0 Å². The molecule has 0 aliphatic carbocycles. The maximum Gasteiger partial charge on any atom is 0.264 e. The number of benzene rings is 1. The molecule has 0 atom stereocenters. The summed E-state index contributed by atoms with van der Waals surface area (Å²) in [6.45, 7) is 0. The number of hydrogen-bond acceptors (Lipinski definition) is 2. The van der Waals surface area contributed by atoms with Gasteiger partial charge in [-0.2, -0.15) is 0 Å². The highest BCUT2D eigenvalue weighted by atomic mass is 79.9. The lowest BCUT2D eigenvalue weighted by Gasteiger charge is -2.07. The van der Waals surface area contributed by atoms with Crippen LogP contribution in [0, 0.1) is 0 Å². The summed E-state index contributed by atoms with van der Waals surface area (Å²) in [5.74, 6) is -0.320. The Kier molecular flexibility index (Phi) is 4.20. The molecule has 1 N–H and O–H groups in total. The van der Waals surface area contributed by atoms with Gasteiger partial charge in [0.25, 0.3) is 6.43 Å². The quantitative estimate of drug-likeness (QED) is 0.860. The molecule has 0 radical (unpaired) electrons. The number of aromatic hydroxyl groups is 1. The highest BCUT2D eigenvalue weighted by Gasteiger charge is 2.15. The molecule has 0 amide bonds. The smallest absolute Gasteiger partial charge is 0.264 e. The average Bonchev–Trinajstić information content (AvgIpc) is 2.17. The van der Waals surface area contributed by atoms with Gasteiger partial charge in [-0.05, 0) is 23.8 Å². The maximum atomic E-state index is 12.5. The average molecular weight is 279 g/mol. The second-order valence-electron chi connectivity index (χ2n) is 3.03. The monoisotopic (exact) mass is 278 g/mol. The van der Waals surface area contributed by atoms with Crippen molar-refractivity contribution in [2.45, 2.75) is 12.8 Å². The normalized spacial score (nSPS) is 10.7. The van der Waals surface area contributed by atoms with Gasteiger partial charge in [0.15, 0.2) is 0 Å². The van der Waals surface area contributed by atoms with Crippen molar-refractivity contribution in [3.8, 4) is 5.75 Å². The van der Waals surface area contributed by atoms with Crippen molar-refractivity contribution in [2.24, 2.45) is 0 Å². The van der Waals surface area contributed by atoms with Gasteiger partial charge < -0.3 is 5.11 Å². The van der Waals surface area contributed by atoms with Crippen LogP contribution < -0.4 is 0 Å². The molecule has 0 fully saturated rings. The van der Waals surface area contributed by atoms with E-state index in [2.05, 4.69) is 15.9 Å². The minimum absolute atomic E-state index is 0.0979. The van der Waals surface area contributed by atoms with Crippen molar-refractivity contribution in [1.82, 2.24) is 0 Å². The predicted octanol–water partition coefficient (Wildman–Crippen LogP) is 2.84. The molecule has 5 heteroatoms. The van der Waals surface area contributed by atoms with Crippen LogP contribution in [0.5, 0.6) is 5.75 Å². The lowest BCUT2D eigenvalue weighted by Crippen LogP contribution is -2.06. The molecular weight excluding hydrogens is 270 g/mol. The summed E-state index contributed by atoms with van der Waals surface area (Å²) in [7, 11) is 0. The highest BCUT2D eigenvalue weighted by molar-refractivity contribution is 9.09. The van der Waals surface area contributed by atoms with Crippen LogP contribution in [0.1, 0.15) is 17.6 Å². The Morgan fingerprint density at radius 1 is 1.47 bits per heavy atom. The number of rotatable bonds is 4. The van der Waals surface area contributed by atoms with E-state index in [9.17, 15) is 13.6 Å². The number of halogens is 3. The number of carbonyl (C=O) groups excluding carboxylic acids is 1. The first-order valence-corrected chi connectivity index (χ1v) is 5.34. The van der Waals surface area contributed by atoms with Crippen LogP contribution in [0.2, 0.25) is 0 Å². The topological polar surface area (TPSA) is 37.3 Å². The molecule has 1 aromatic carbocycles. The zero-order chi connectivity index (χ0) is 11.4. The minimum atomic E-state index is -2.64. The number of phenolic OH excluding ortho intramolecular Hbond substituents is 1. The molecule has 15 heavy (non-hydrogen) atoms. The van der Waals surface area contributed by atoms with Gasteiger partial charge >= 0.3 is 0 Å². The fourth-order valence-corrected chi connectivity index (χ4v) is 1.42. The van der Waals surface area contributed by atoms with Gasteiger partial charge in [0.2, 0.25) is 0 Å². The SMILES string of the molecule is O=C(CBr)Cc1cc(O)ccc1C(F)F. The Balaban J connectivity index is 3.02. The van der Waals surface area contributed by atoms with E-state index in [4.69, 9.17) is 5.11 Å². The van der Waals surface area contributed by atoms with Crippen molar-refractivity contribution in [3.63, 3.8) is 0 Å². The summed E-state index contributed by atoms with van der Waals surface area (Å²) >= 11 is 2.95. The molecule has 0 saturated heterocycles. The van der Waals surface area contributed by atoms with E-state index in [0.29, 0.717) is 0 Å². The molecule has 0 aliphatic rings. The Hall–Kier alpha value is -0.970. The number of hydrogen-bond donors (Lipinski definition) is 1. The fourth-order valence-electron chi connectivity index (χ4n) is 1.22. The third kappa shape index (κ3) is 3.27. The van der Waals surface area contributed by atoms with Gasteiger partial charge in [-0.15, -0.1) is 0 Å². The van der Waals surface area contributed by atoms with Crippen molar-refractivity contribution >= 4 is 21.7 Å². The number of Topliss-reactive ketones (excluding diaryl/α,β-unsaturated/α-hetero) is 1. The molecule has 82 valence electrons. The predicted molar refractivity (Wildman–Crippen MR) is 55.6 cm³/mol. The molecular formula is C10H9BrF2O2. The number of ketones is 1. The molecule has 0 saturated carbocycles. The first-order valence-electron chi connectivity index (χ1n) is 4.22. The summed E-state index contributed by atoms with van der Waals surface area (Å²) in [4.78, 5) is 11.1. The molecule has 0 aliphatic heterocycles. The van der Waals surface area contributed by atoms with Gasteiger partial charge in [-0.1, -0.05) is 15.9 Å². The molecule has 0 heterocycles. The van der Waals surface area contributed by atoms with Crippen LogP contribution >= 0.6 is 15.9 Å². The van der Waals surface area contributed by atoms with E-state index in [1.165, 1.54) is 12.1 Å². The summed E-state index contributed by atoms with van der Waals surface area (Å²) < 4.78 is 25.0. The van der Waals surface area contributed by atoms with Crippen molar-refractivity contribution in [2.75, 3.05) is 5.33 Å². The van der Waals surface area contributed by atoms with Crippen LogP contribution in [0.15, 0.2) is 18.2 Å². The molecule has 1 rings (SSSR count). The van der Waals surface area contributed by atoms with Crippen molar-refractivity contribution < 1.29 is 18.7 Å². The van der Waals surface area contributed by atoms with E-state index < -0.39 is 6.43 Å². The zero-order valence-electron chi connectivity index (χ0n) is 7.71. The van der Waals surface area contributed by atoms with Crippen LogP contribution in [0.4, 0.5) is 8.78 Å². The number of carbonyl (C=O) groups is 1. The third-order valence-corrected chi connectivity index (χ3v) is 2.52. The van der Waals surface area contributed by atoms with Crippen LogP contribution in [0.3, 0.4) is 0 Å². The van der Waals surface area contributed by atoms with Gasteiger partial charge in [0.05, 0.1) is 5.33 Å². The fraction of sp³-hybridized carbons (Fsp3) is 0.300. The number of alkyl halides is 3. The van der Waals surface area contributed by atoms with E-state index >= 15 is 0 Å². The largest absolute Gasteiger partial charge is 0.508 e. The summed E-state index contributed by atoms with van der Waals surface area (Å²) in [5.41, 5.74) is -0.0310. The molecule has 0 spiro atoms. The number of phenols is 1. The highest BCUT2D eigenvalue weighted by Crippen LogP contribution is 2.26. The zero-order valence-corrected chi connectivity index (χ0v) is 9.30. The van der Waals surface area contributed by atoms with Crippen molar-refractivity contribution in [1.29, 1.82) is 0 Å².